The van der Waals surface area contributed by atoms with Crippen LogP contribution in [-0.2, 0) is 13.0 Å². The summed E-state index contributed by atoms with van der Waals surface area (Å²) in [4.78, 5) is 3.88. The molecule has 0 saturated carbocycles. The van der Waals surface area contributed by atoms with Crippen molar-refractivity contribution < 1.29 is 9.26 Å². The lowest BCUT2D eigenvalue weighted by Crippen LogP contribution is -1.99. The summed E-state index contributed by atoms with van der Waals surface area (Å²) in [5, 5.41) is 3.68. The van der Waals surface area contributed by atoms with E-state index in [0.717, 1.165) is 12.2 Å². The molecule has 15 heavy (non-hydrogen) atoms. The Morgan fingerprint density at radius 1 is 1.33 bits per heavy atom. The SMILES string of the molecule is CCc1ccccc1OCc1ncon1. The quantitative estimate of drug-likeness (QED) is 0.766. The largest absolute Gasteiger partial charge is 0.485 e. The minimum atomic E-state index is 0.341. The summed E-state index contributed by atoms with van der Waals surface area (Å²) in [6, 6.07) is 7.94. The minimum absolute atomic E-state index is 0.341. The van der Waals surface area contributed by atoms with Crippen molar-refractivity contribution in [1.82, 2.24) is 10.1 Å². The van der Waals surface area contributed by atoms with Crippen LogP contribution < -0.4 is 4.74 Å². The lowest BCUT2D eigenvalue weighted by Gasteiger charge is -2.07. The van der Waals surface area contributed by atoms with Crippen molar-refractivity contribution >= 4 is 0 Å². The van der Waals surface area contributed by atoms with E-state index in [2.05, 4.69) is 21.6 Å². The first-order valence-corrected chi connectivity index (χ1v) is 4.86. The van der Waals surface area contributed by atoms with Crippen LogP contribution in [0.25, 0.3) is 0 Å². The molecule has 0 atom stereocenters. The zero-order chi connectivity index (χ0) is 10.5. The van der Waals surface area contributed by atoms with Crippen molar-refractivity contribution in [3.8, 4) is 5.75 Å². The van der Waals surface area contributed by atoms with Gasteiger partial charge < -0.3 is 9.26 Å². The Morgan fingerprint density at radius 3 is 2.93 bits per heavy atom. The van der Waals surface area contributed by atoms with Gasteiger partial charge in [0.15, 0.2) is 6.61 Å². The van der Waals surface area contributed by atoms with Crippen LogP contribution in [0.5, 0.6) is 5.75 Å². The van der Waals surface area contributed by atoms with Gasteiger partial charge in [-0.2, -0.15) is 4.98 Å². The van der Waals surface area contributed by atoms with E-state index in [-0.39, 0.29) is 0 Å². The van der Waals surface area contributed by atoms with E-state index in [9.17, 15) is 0 Å². The van der Waals surface area contributed by atoms with Gasteiger partial charge in [0.25, 0.3) is 0 Å². The lowest BCUT2D eigenvalue weighted by molar-refractivity contribution is 0.284. The second-order valence-corrected chi connectivity index (χ2v) is 3.10. The normalized spacial score (nSPS) is 10.2. The number of benzene rings is 1. The van der Waals surface area contributed by atoms with Crippen molar-refractivity contribution in [3.05, 3.63) is 42.0 Å². The summed E-state index contributed by atoms with van der Waals surface area (Å²) < 4.78 is 10.2. The first kappa shape index (κ1) is 9.71. The van der Waals surface area contributed by atoms with Crippen LogP contribution in [0.3, 0.4) is 0 Å². The Morgan fingerprint density at radius 2 is 2.20 bits per heavy atom. The van der Waals surface area contributed by atoms with Crippen LogP contribution >= 0.6 is 0 Å². The molecule has 1 aromatic heterocycles. The van der Waals surface area contributed by atoms with Gasteiger partial charge in [0, 0.05) is 0 Å². The van der Waals surface area contributed by atoms with Crippen LogP contribution in [0, 0.1) is 0 Å². The molecular formula is C11H12N2O2. The average molecular weight is 204 g/mol. The van der Waals surface area contributed by atoms with Gasteiger partial charge >= 0.3 is 0 Å². The maximum atomic E-state index is 5.59. The Kier molecular flexibility index (Phi) is 2.97. The fourth-order valence-corrected chi connectivity index (χ4v) is 1.34. The fourth-order valence-electron chi connectivity index (χ4n) is 1.34. The highest BCUT2D eigenvalue weighted by atomic mass is 16.5. The number of hydrogen-bond acceptors (Lipinski definition) is 4. The number of rotatable bonds is 4. The van der Waals surface area contributed by atoms with E-state index in [1.165, 1.54) is 12.0 Å². The van der Waals surface area contributed by atoms with Crippen LogP contribution in [0.4, 0.5) is 0 Å². The third-order valence-corrected chi connectivity index (χ3v) is 2.12. The van der Waals surface area contributed by atoms with Crippen molar-refractivity contribution in [3.63, 3.8) is 0 Å². The van der Waals surface area contributed by atoms with E-state index in [4.69, 9.17) is 4.74 Å². The van der Waals surface area contributed by atoms with Crippen molar-refractivity contribution in [1.29, 1.82) is 0 Å². The van der Waals surface area contributed by atoms with Crippen LogP contribution in [0.1, 0.15) is 18.3 Å². The highest BCUT2D eigenvalue weighted by Gasteiger charge is 2.03. The molecule has 0 aliphatic rings. The van der Waals surface area contributed by atoms with Crippen molar-refractivity contribution in [2.75, 3.05) is 0 Å². The van der Waals surface area contributed by atoms with E-state index in [1.807, 2.05) is 24.3 Å². The number of aromatic nitrogens is 2. The molecule has 0 bridgehead atoms. The molecule has 1 heterocycles. The summed E-state index contributed by atoms with van der Waals surface area (Å²) >= 11 is 0. The van der Waals surface area contributed by atoms with E-state index < -0.39 is 0 Å². The van der Waals surface area contributed by atoms with Crippen molar-refractivity contribution in [2.45, 2.75) is 20.0 Å². The van der Waals surface area contributed by atoms with Gasteiger partial charge in [-0.05, 0) is 18.1 Å². The molecule has 0 radical (unpaired) electrons. The lowest BCUT2D eigenvalue weighted by atomic mass is 10.1. The van der Waals surface area contributed by atoms with Gasteiger partial charge in [0.05, 0.1) is 0 Å². The van der Waals surface area contributed by atoms with Gasteiger partial charge in [-0.1, -0.05) is 30.3 Å². The number of para-hydroxylation sites is 1. The number of hydrogen-bond donors (Lipinski definition) is 0. The summed E-state index contributed by atoms with van der Waals surface area (Å²) in [6.07, 6.45) is 2.24. The zero-order valence-electron chi connectivity index (χ0n) is 8.51. The maximum Gasteiger partial charge on any atom is 0.213 e. The predicted octanol–water partition coefficient (Wildman–Crippen LogP) is 2.21. The van der Waals surface area contributed by atoms with E-state index in [1.54, 1.807) is 0 Å². The molecule has 0 amide bonds. The molecule has 0 aliphatic heterocycles. The highest BCUT2D eigenvalue weighted by molar-refractivity contribution is 5.33. The molecule has 2 aromatic rings. The van der Waals surface area contributed by atoms with Gasteiger partial charge in [-0.3, -0.25) is 0 Å². The molecule has 1 aromatic carbocycles. The molecule has 78 valence electrons. The van der Waals surface area contributed by atoms with Gasteiger partial charge in [0.1, 0.15) is 5.75 Å². The van der Waals surface area contributed by atoms with Crippen LogP contribution in [0.2, 0.25) is 0 Å². The average Bonchev–Trinajstić information content (AvgIpc) is 2.79. The smallest absolute Gasteiger partial charge is 0.213 e. The first-order chi connectivity index (χ1) is 7.40. The topological polar surface area (TPSA) is 48.2 Å². The van der Waals surface area contributed by atoms with Gasteiger partial charge in [0.2, 0.25) is 12.2 Å². The number of ether oxygens (including phenoxy) is 1. The predicted molar refractivity (Wildman–Crippen MR) is 54.5 cm³/mol. The van der Waals surface area contributed by atoms with Gasteiger partial charge in [-0.15, -0.1) is 0 Å². The zero-order valence-corrected chi connectivity index (χ0v) is 8.51. The molecule has 2 rings (SSSR count). The first-order valence-electron chi connectivity index (χ1n) is 4.86. The summed E-state index contributed by atoms with van der Waals surface area (Å²) in [7, 11) is 0. The standard InChI is InChI=1S/C11H12N2O2/c1-2-9-5-3-4-6-10(9)14-7-11-12-8-15-13-11/h3-6,8H,2,7H2,1H3. The Labute approximate surface area is 87.9 Å². The highest BCUT2D eigenvalue weighted by Crippen LogP contribution is 2.18. The second kappa shape index (κ2) is 4.59. The molecule has 0 aliphatic carbocycles. The molecule has 0 fully saturated rings. The molecule has 4 nitrogen and oxygen atoms in total. The molecule has 0 saturated heterocycles. The third kappa shape index (κ3) is 2.34. The summed E-state index contributed by atoms with van der Waals surface area (Å²) in [6.45, 7) is 2.43. The summed E-state index contributed by atoms with van der Waals surface area (Å²) in [5.41, 5.74) is 1.18. The minimum Gasteiger partial charge on any atom is -0.485 e. The Bertz CT molecular complexity index is 412. The molecule has 0 unspecified atom stereocenters. The molecule has 4 heteroatoms. The monoisotopic (exact) mass is 204 g/mol. The van der Waals surface area contributed by atoms with Crippen LogP contribution in [0.15, 0.2) is 35.2 Å². The van der Waals surface area contributed by atoms with Crippen LogP contribution in [-0.4, -0.2) is 10.1 Å². The molecular weight excluding hydrogens is 192 g/mol. The third-order valence-electron chi connectivity index (χ3n) is 2.12. The Balaban J connectivity index is 2.04. The number of aryl methyl sites for hydroxylation is 1. The number of nitrogens with zero attached hydrogens (tertiary/aromatic N) is 2. The molecule has 0 spiro atoms. The van der Waals surface area contributed by atoms with Crippen molar-refractivity contribution in [2.24, 2.45) is 0 Å². The molecule has 0 N–H and O–H groups in total. The second-order valence-electron chi connectivity index (χ2n) is 3.10. The fraction of sp³-hybridized carbons (Fsp3) is 0.273. The summed E-state index contributed by atoms with van der Waals surface area (Å²) in [5.74, 6) is 1.44. The van der Waals surface area contributed by atoms with E-state index in [0.29, 0.717) is 12.4 Å². The Hall–Kier alpha value is -1.84. The maximum absolute atomic E-state index is 5.59. The van der Waals surface area contributed by atoms with E-state index >= 15 is 0 Å². The van der Waals surface area contributed by atoms with Gasteiger partial charge in [-0.25, -0.2) is 0 Å².